The van der Waals surface area contributed by atoms with E-state index in [4.69, 9.17) is 0 Å². The first-order chi connectivity index (χ1) is 17.1. The number of hydrogen-bond donors (Lipinski definition) is 3. The van der Waals surface area contributed by atoms with E-state index in [0.717, 1.165) is 27.7 Å². The minimum absolute atomic E-state index is 0.0640. The van der Waals surface area contributed by atoms with Gasteiger partial charge in [0.25, 0.3) is 5.91 Å². The monoisotopic (exact) mass is 489 g/mol. The number of aromatic amines is 1. The van der Waals surface area contributed by atoms with Crippen molar-refractivity contribution < 1.29 is 19.5 Å². The molecule has 0 atom stereocenters. The molecule has 3 aromatic rings. The van der Waals surface area contributed by atoms with E-state index in [-0.39, 0.29) is 30.9 Å². The van der Waals surface area contributed by atoms with Gasteiger partial charge >= 0.3 is 0 Å². The molecule has 2 aromatic carbocycles. The van der Waals surface area contributed by atoms with Crippen molar-refractivity contribution in [3.8, 4) is 0 Å². The van der Waals surface area contributed by atoms with Crippen molar-refractivity contribution >= 4 is 34.3 Å². The molecule has 0 aliphatic carbocycles. The van der Waals surface area contributed by atoms with E-state index in [0.29, 0.717) is 31.5 Å². The van der Waals surface area contributed by atoms with Crippen molar-refractivity contribution in [3.05, 3.63) is 59.3 Å². The number of carbonyl (C=O) groups is 3. The summed E-state index contributed by atoms with van der Waals surface area (Å²) in [5.41, 5.74) is 2.64. The number of fused-ring (bicyclic) bond motifs is 3. The first kappa shape index (κ1) is 24.0. The number of anilines is 1. The number of amides is 3. The number of aryl methyl sites for hydroxylation is 1. The van der Waals surface area contributed by atoms with Crippen molar-refractivity contribution in [3.63, 3.8) is 0 Å². The average Bonchev–Trinajstić information content (AvgIpc) is 3.41. The van der Waals surface area contributed by atoms with Crippen molar-refractivity contribution in [1.29, 1.82) is 0 Å². The van der Waals surface area contributed by atoms with Crippen LogP contribution in [0.4, 0.5) is 5.69 Å². The number of aliphatic hydroxyl groups is 1. The van der Waals surface area contributed by atoms with Crippen molar-refractivity contribution in [2.75, 3.05) is 31.1 Å². The van der Waals surface area contributed by atoms with E-state index in [1.165, 1.54) is 0 Å². The molecule has 0 saturated carbocycles. The molecule has 1 spiro atoms. The lowest BCUT2D eigenvalue weighted by Crippen LogP contribution is -2.53. The summed E-state index contributed by atoms with van der Waals surface area (Å²) in [6.07, 6.45) is 2.67. The number of aromatic nitrogens is 2. The molecule has 188 valence electrons. The van der Waals surface area contributed by atoms with Gasteiger partial charge in [0, 0.05) is 29.7 Å². The summed E-state index contributed by atoms with van der Waals surface area (Å²) in [5, 5.41) is 20.1. The molecule has 1 aromatic heterocycles. The minimum atomic E-state index is -0.780. The molecule has 1 saturated heterocycles. The van der Waals surface area contributed by atoms with Crippen molar-refractivity contribution in [1.82, 2.24) is 20.4 Å². The Labute approximate surface area is 209 Å². The third-order valence-corrected chi connectivity index (χ3v) is 7.44. The largest absolute Gasteiger partial charge is 0.394 e. The lowest BCUT2D eigenvalue weighted by atomic mass is 9.72. The molecule has 2 aliphatic heterocycles. The van der Waals surface area contributed by atoms with Crippen LogP contribution < -0.4 is 10.2 Å². The maximum atomic E-state index is 13.9. The highest BCUT2D eigenvalue weighted by atomic mass is 16.3. The smallest absolute Gasteiger partial charge is 0.253 e. The number of likely N-dealkylation sites (tertiary alicyclic amines) is 1. The molecule has 9 heteroatoms. The quantitative estimate of drug-likeness (QED) is 0.508. The molecule has 5 rings (SSSR count). The van der Waals surface area contributed by atoms with E-state index in [2.05, 4.69) is 15.5 Å². The van der Waals surface area contributed by atoms with Crippen molar-refractivity contribution in [2.24, 2.45) is 0 Å². The Hall–Kier alpha value is -3.72. The Morgan fingerprint density at radius 3 is 2.67 bits per heavy atom. The fourth-order valence-corrected chi connectivity index (χ4v) is 5.55. The molecule has 3 amide bonds. The molecular formula is C27H31N5O4. The van der Waals surface area contributed by atoms with E-state index in [9.17, 15) is 19.5 Å². The van der Waals surface area contributed by atoms with Crippen LogP contribution in [0.1, 0.15) is 48.2 Å². The Morgan fingerprint density at radius 1 is 1.19 bits per heavy atom. The number of nitrogens with zero attached hydrogens (tertiary/aromatic N) is 3. The van der Waals surface area contributed by atoms with Gasteiger partial charge in [0.1, 0.15) is 6.54 Å². The highest BCUT2D eigenvalue weighted by molar-refractivity contribution is 6.11. The number of hydrogen-bond acceptors (Lipinski definition) is 5. The number of aliphatic hydroxyl groups excluding tert-OH is 1. The summed E-state index contributed by atoms with van der Waals surface area (Å²) in [7, 11) is 0. The van der Waals surface area contributed by atoms with Crippen LogP contribution in [-0.2, 0) is 15.0 Å². The minimum Gasteiger partial charge on any atom is -0.394 e. The molecule has 1 fully saturated rings. The summed E-state index contributed by atoms with van der Waals surface area (Å²) in [6, 6.07) is 11.2. The lowest BCUT2D eigenvalue weighted by molar-refractivity contribution is -0.128. The molecule has 0 bridgehead atoms. The number of rotatable bonds is 5. The predicted octanol–water partition coefficient (Wildman–Crippen LogP) is 2.28. The fraction of sp³-hybridized carbons (Fsp3) is 0.407. The third-order valence-electron chi connectivity index (χ3n) is 7.44. The van der Waals surface area contributed by atoms with Gasteiger partial charge in [0.15, 0.2) is 0 Å². The lowest BCUT2D eigenvalue weighted by Gasteiger charge is -2.39. The van der Waals surface area contributed by atoms with Crippen LogP contribution in [0.25, 0.3) is 10.9 Å². The number of nitrogens with one attached hydrogen (secondary N) is 2. The van der Waals surface area contributed by atoms with Crippen molar-refractivity contribution in [2.45, 2.75) is 44.6 Å². The number of carbonyl (C=O) groups excluding carboxylic acids is 3. The maximum absolute atomic E-state index is 13.9. The molecule has 0 radical (unpaired) electrons. The summed E-state index contributed by atoms with van der Waals surface area (Å²) >= 11 is 0. The number of H-pyrrole nitrogens is 1. The average molecular weight is 490 g/mol. The van der Waals surface area contributed by atoms with Gasteiger partial charge in [0.2, 0.25) is 11.8 Å². The van der Waals surface area contributed by atoms with Gasteiger partial charge in [-0.3, -0.25) is 19.5 Å². The molecule has 0 unspecified atom stereocenters. The number of benzene rings is 2. The molecule has 3 N–H and O–H groups in total. The van der Waals surface area contributed by atoms with Gasteiger partial charge in [-0.25, -0.2) is 0 Å². The standard InChI is InChI=1S/C27H31N5O4/c1-17-5-4-6-21-23(17)27(25(36)32(21)15-22(34)29-26(2,3)16-33)9-11-31(12-10-27)24(35)18-7-8-20-19(13-18)14-28-30-20/h4-8,13-14,33H,9-12,15-16H2,1-3H3,(H,28,30)(H,29,34). The molecular weight excluding hydrogens is 458 g/mol. The van der Waals surface area contributed by atoms with Gasteiger partial charge in [-0.05, 0) is 69.0 Å². The van der Waals surface area contributed by atoms with Gasteiger partial charge < -0.3 is 20.2 Å². The van der Waals surface area contributed by atoms with Gasteiger partial charge in [-0.15, -0.1) is 0 Å². The van der Waals surface area contributed by atoms with Crippen LogP contribution in [0, 0.1) is 6.92 Å². The van der Waals surface area contributed by atoms with E-state index in [1.54, 1.807) is 35.9 Å². The van der Waals surface area contributed by atoms with Gasteiger partial charge in [0.05, 0.1) is 29.3 Å². The SMILES string of the molecule is Cc1cccc2c1C1(CCN(C(=O)c3ccc4[nH]ncc4c3)CC1)C(=O)N2CC(=O)NC(C)(C)CO. The zero-order valence-electron chi connectivity index (χ0n) is 20.8. The van der Waals surface area contributed by atoms with Gasteiger partial charge in [-0.2, -0.15) is 5.10 Å². The van der Waals surface area contributed by atoms with Crippen LogP contribution in [0.15, 0.2) is 42.6 Å². The Bertz CT molecular complexity index is 1350. The highest BCUT2D eigenvalue weighted by Gasteiger charge is 2.53. The van der Waals surface area contributed by atoms with Crippen LogP contribution in [0.2, 0.25) is 0 Å². The van der Waals surface area contributed by atoms with Crippen LogP contribution in [0.3, 0.4) is 0 Å². The Morgan fingerprint density at radius 2 is 1.94 bits per heavy atom. The van der Waals surface area contributed by atoms with E-state index in [1.807, 2.05) is 37.3 Å². The summed E-state index contributed by atoms with van der Waals surface area (Å²) in [4.78, 5) is 43.3. The second-order valence-corrected chi connectivity index (χ2v) is 10.5. The topological polar surface area (TPSA) is 119 Å². The molecule has 9 nitrogen and oxygen atoms in total. The normalized spacial score (nSPS) is 17.1. The first-order valence-corrected chi connectivity index (χ1v) is 12.2. The van der Waals surface area contributed by atoms with Crippen LogP contribution in [0.5, 0.6) is 0 Å². The number of piperidine rings is 1. The predicted molar refractivity (Wildman–Crippen MR) is 136 cm³/mol. The zero-order chi connectivity index (χ0) is 25.7. The first-order valence-electron chi connectivity index (χ1n) is 12.2. The molecule has 3 heterocycles. The van der Waals surface area contributed by atoms with Gasteiger partial charge in [-0.1, -0.05) is 12.1 Å². The maximum Gasteiger partial charge on any atom is 0.253 e. The summed E-state index contributed by atoms with van der Waals surface area (Å²) < 4.78 is 0. The Kier molecular flexibility index (Phi) is 5.83. The highest BCUT2D eigenvalue weighted by Crippen LogP contribution is 2.49. The third kappa shape index (κ3) is 3.93. The van der Waals surface area contributed by atoms with Crippen LogP contribution in [-0.4, -0.2) is 69.7 Å². The molecule has 2 aliphatic rings. The summed E-state index contributed by atoms with van der Waals surface area (Å²) in [5.74, 6) is -0.490. The van der Waals surface area contributed by atoms with Crippen LogP contribution >= 0.6 is 0 Å². The summed E-state index contributed by atoms with van der Waals surface area (Å²) in [6.45, 7) is 6.01. The van der Waals surface area contributed by atoms with E-state index < -0.39 is 11.0 Å². The second-order valence-electron chi connectivity index (χ2n) is 10.5. The second kappa shape index (κ2) is 8.74. The molecule has 36 heavy (non-hydrogen) atoms. The fourth-order valence-electron chi connectivity index (χ4n) is 5.55. The van der Waals surface area contributed by atoms with E-state index >= 15 is 0 Å². The Balaban J connectivity index is 1.38. The zero-order valence-corrected chi connectivity index (χ0v) is 20.8.